The van der Waals surface area contributed by atoms with E-state index in [2.05, 4.69) is 9.97 Å². The molecule has 0 fully saturated rings. The summed E-state index contributed by atoms with van der Waals surface area (Å²) in [6.07, 6.45) is 4.64. The number of hydrogen-bond acceptors (Lipinski definition) is 2. The minimum Gasteiger partial charge on any atom is -0.310 e. The van der Waals surface area contributed by atoms with Gasteiger partial charge in [-0.05, 0) is 43.4 Å². The highest BCUT2D eigenvalue weighted by atomic mass is 35.5. The van der Waals surface area contributed by atoms with Crippen molar-refractivity contribution >= 4 is 11.6 Å². The van der Waals surface area contributed by atoms with Crippen LogP contribution in [0.1, 0.15) is 35.5 Å². The van der Waals surface area contributed by atoms with Gasteiger partial charge in [0.1, 0.15) is 5.82 Å². The second-order valence-corrected chi connectivity index (χ2v) is 5.38. The minimum absolute atomic E-state index is 0.0358. The molecule has 0 aliphatic heterocycles. The molecule has 98 valence electrons. The topological polar surface area (TPSA) is 45.8 Å². The molecule has 1 heterocycles. The number of aryl methyl sites for hydroxylation is 1. The molecule has 3 rings (SSSR count). The number of aromatic nitrogens is 2. The predicted octanol–water partition coefficient (Wildman–Crippen LogP) is 2.89. The number of nitrogens with zero attached hydrogens (tertiary/aromatic N) is 1. The van der Waals surface area contributed by atoms with Crippen molar-refractivity contribution in [2.45, 2.75) is 32.1 Å². The van der Waals surface area contributed by atoms with Crippen LogP contribution >= 0.6 is 11.6 Å². The van der Waals surface area contributed by atoms with E-state index in [1.165, 1.54) is 0 Å². The lowest BCUT2D eigenvalue weighted by atomic mass is 9.97. The van der Waals surface area contributed by atoms with Crippen molar-refractivity contribution in [1.29, 1.82) is 0 Å². The van der Waals surface area contributed by atoms with Crippen molar-refractivity contribution in [1.82, 2.24) is 9.97 Å². The molecule has 0 amide bonds. The summed E-state index contributed by atoms with van der Waals surface area (Å²) in [6.45, 7) is 0. The molecule has 3 nitrogen and oxygen atoms in total. The van der Waals surface area contributed by atoms with E-state index in [-0.39, 0.29) is 5.56 Å². The molecule has 1 aliphatic rings. The van der Waals surface area contributed by atoms with E-state index in [1.807, 2.05) is 24.3 Å². The molecular formula is C15H15ClN2O. The Morgan fingerprint density at radius 1 is 1.16 bits per heavy atom. The van der Waals surface area contributed by atoms with Gasteiger partial charge in [-0.15, -0.1) is 0 Å². The van der Waals surface area contributed by atoms with Crippen LogP contribution in [0.4, 0.5) is 0 Å². The van der Waals surface area contributed by atoms with Gasteiger partial charge in [-0.1, -0.05) is 23.7 Å². The lowest BCUT2D eigenvalue weighted by Crippen LogP contribution is -2.23. The van der Waals surface area contributed by atoms with Crippen LogP contribution in [0.15, 0.2) is 29.1 Å². The van der Waals surface area contributed by atoms with Crippen LogP contribution < -0.4 is 5.56 Å². The zero-order valence-corrected chi connectivity index (χ0v) is 11.3. The van der Waals surface area contributed by atoms with Crippen LogP contribution in [0.5, 0.6) is 0 Å². The Balaban J connectivity index is 1.91. The maximum atomic E-state index is 12.0. The van der Waals surface area contributed by atoms with E-state index in [9.17, 15) is 4.79 Å². The summed E-state index contributed by atoms with van der Waals surface area (Å²) in [5, 5.41) is 0.718. The van der Waals surface area contributed by atoms with Crippen LogP contribution in [-0.2, 0) is 19.3 Å². The Labute approximate surface area is 116 Å². The molecule has 1 aliphatic carbocycles. The quantitative estimate of drug-likeness (QED) is 0.915. The zero-order chi connectivity index (χ0) is 13.2. The fraction of sp³-hybridized carbons (Fsp3) is 0.333. The van der Waals surface area contributed by atoms with Crippen LogP contribution in [0, 0.1) is 0 Å². The molecule has 0 bridgehead atoms. The molecule has 19 heavy (non-hydrogen) atoms. The summed E-state index contributed by atoms with van der Waals surface area (Å²) in [5.74, 6) is 0.743. The number of aromatic amines is 1. The SMILES string of the molecule is O=c1[nH]c(Cc2ccc(Cl)cc2)nc2c1CCCC2. The summed E-state index contributed by atoms with van der Waals surface area (Å²) < 4.78 is 0. The summed E-state index contributed by atoms with van der Waals surface area (Å²) >= 11 is 5.86. The van der Waals surface area contributed by atoms with Crippen molar-refractivity contribution in [3.8, 4) is 0 Å². The molecule has 0 unspecified atom stereocenters. The standard InChI is InChI=1S/C15H15ClN2O/c16-11-7-5-10(6-8-11)9-14-17-13-4-2-1-3-12(13)15(19)18-14/h5-8H,1-4,9H2,(H,17,18,19). The molecular weight excluding hydrogens is 260 g/mol. The Bertz CT molecular complexity index is 646. The summed E-state index contributed by atoms with van der Waals surface area (Å²) in [7, 11) is 0. The molecule has 0 saturated carbocycles. The van der Waals surface area contributed by atoms with Gasteiger partial charge in [-0.25, -0.2) is 4.98 Å². The third kappa shape index (κ3) is 2.71. The molecule has 0 spiro atoms. The molecule has 0 atom stereocenters. The molecule has 1 aromatic heterocycles. The monoisotopic (exact) mass is 274 g/mol. The number of rotatable bonds is 2. The largest absolute Gasteiger partial charge is 0.310 e. The van der Waals surface area contributed by atoms with E-state index in [1.54, 1.807) is 0 Å². The number of H-pyrrole nitrogens is 1. The van der Waals surface area contributed by atoms with Gasteiger partial charge in [-0.2, -0.15) is 0 Å². The molecule has 0 radical (unpaired) electrons. The fourth-order valence-corrected chi connectivity index (χ4v) is 2.66. The average Bonchev–Trinajstić information content (AvgIpc) is 2.42. The van der Waals surface area contributed by atoms with E-state index >= 15 is 0 Å². The Morgan fingerprint density at radius 3 is 2.68 bits per heavy atom. The Kier molecular flexibility index (Phi) is 3.38. The van der Waals surface area contributed by atoms with E-state index in [4.69, 9.17) is 11.6 Å². The van der Waals surface area contributed by atoms with Gasteiger partial charge in [0.05, 0.1) is 5.69 Å². The van der Waals surface area contributed by atoms with Gasteiger partial charge in [0, 0.05) is 17.0 Å². The van der Waals surface area contributed by atoms with E-state index in [0.717, 1.165) is 53.4 Å². The molecule has 2 aromatic rings. The van der Waals surface area contributed by atoms with E-state index in [0.29, 0.717) is 6.42 Å². The Morgan fingerprint density at radius 2 is 1.89 bits per heavy atom. The molecule has 1 aromatic carbocycles. The van der Waals surface area contributed by atoms with Gasteiger partial charge < -0.3 is 4.98 Å². The lowest BCUT2D eigenvalue weighted by molar-refractivity contribution is 0.648. The first kappa shape index (κ1) is 12.4. The number of fused-ring (bicyclic) bond motifs is 1. The minimum atomic E-state index is 0.0358. The molecule has 1 N–H and O–H groups in total. The third-order valence-corrected chi connectivity index (χ3v) is 3.78. The van der Waals surface area contributed by atoms with Crippen molar-refractivity contribution in [3.63, 3.8) is 0 Å². The maximum absolute atomic E-state index is 12.0. The first-order valence-electron chi connectivity index (χ1n) is 6.58. The maximum Gasteiger partial charge on any atom is 0.254 e. The fourth-order valence-electron chi connectivity index (χ4n) is 2.53. The third-order valence-electron chi connectivity index (χ3n) is 3.53. The average molecular weight is 275 g/mol. The van der Waals surface area contributed by atoms with Gasteiger partial charge in [0.2, 0.25) is 0 Å². The lowest BCUT2D eigenvalue weighted by Gasteiger charge is -2.14. The first-order valence-corrected chi connectivity index (χ1v) is 6.95. The Hall–Kier alpha value is -1.61. The van der Waals surface area contributed by atoms with Crippen molar-refractivity contribution in [3.05, 3.63) is 62.3 Å². The van der Waals surface area contributed by atoms with Gasteiger partial charge in [-0.3, -0.25) is 4.79 Å². The normalized spacial score (nSPS) is 14.2. The van der Waals surface area contributed by atoms with Gasteiger partial charge >= 0.3 is 0 Å². The van der Waals surface area contributed by atoms with Crippen LogP contribution in [-0.4, -0.2) is 9.97 Å². The number of benzene rings is 1. The van der Waals surface area contributed by atoms with Crippen LogP contribution in [0.2, 0.25) is 5.02 Å². The molecule has 4 heteroatoms. The van der Waals surface area contributed by atoms with Crippen molar-refractivity contribution in [2.75, 3.05) is 0 Å². The van der Waals surface area contributed by atoms with E-state index < -0.39 is 0 Å². The highest BCUT2D eigenvalue weighted by molar-refractivity contribution is 6.30. The predicted molar refractivity (Wildman–Crippen MR) is 75.8 cm³/mol. The van der Waals surface area contributed by atoms with Gasteiger partial charge in [0.15, 0.2) is 0 Å². The van der Waals surface area contributed by atoms with Crippen LogP contribution in [0.25, 0.3) is 0 Å². The smallest absolute Gasteiger partial charge is 0.254 e. The highest BCUT2D eigenvalue weighted by Crippen LogP contribution is 2.17. The first-order chi connectivity index (χ1) is 9.22. The number of halogens is 1. The van der Waals surface area contributed by atoms with Crippen molar-refractivity contribution < 1.29 is 0 Å². The summed E-state index contributed by atoms with van der Waals surface area (Å²) in [5.41, 5.74) is 3.00. The second kappa shape index (κ2) is 5.17. The summed E-state index contributed by atoms with van der Waals surface area (Å²) in [4.78, 5) is 19.5. The number of hydrogen-bond donors (Lipinski definition) is 1. The number of nitrogens with one attached hydrogen (secondary N) is 1. The molecule has 0 saturated heterocycles. The van der Waals surface area contributed by atoms with Crippen molar-refractivity contribution in [2.24, 2.45) is 0 Å². The zero-order valence-electron chi connectivity index (χ0n) is 10.6. The van der Waals surface area contributed by atoms with Gasteiger partial charge in [0.25, 0.3) is 5.56 Å². The van der Waals surface area contributed by atoms with Crippen LogP contribution in [0.3, 0.4) is 0 Å². The summed E-state index contributed by atoms with van der Waals surface area (Å²) in [6, 6.07) is 7.63. The second-order valence-electron chi connectivity index (χ2n) is 4.95. The highest BCUT2D eigenvalue weighted by Gasteiger charge is 2.15.